The number of rotatable bonds is 10. The van der Waals surface area contributed by atoms with Gasteiger partial charge in [-0.05, 0) is 115 Å². The molecule has 0 saturated carbocycles. The van der Waals surface area contributed by atoms with Gasteiger partial charge in [0, 0.05) is 49.6 Å². The molecule has 5 heteroatoms. The summed E-state index contributed by atoms with van der Waals surface area (Å²) >= 11 is 0. The number of hydrogen-bond acceptors (Lipinski definition) is 3. The molecule has 5 nitrogen and oxygen atoms in total. The van der Waals surface area contributed by atoms with Gasteiger partial charge >= 0.3 is 0 Å². The van der Waals surface area contributed by atoms with E-state index in [1.54, 1.807) is 0 Å². The predicted octanol–water partition coefficient (Wildman–Crippen LogP) is 21.6. The Kier molecular flexibility index (Phi) is 14.4. The van der Waals surface area contributed by atoms with Crippen LogP contribution in [0.5, 0.6) is 0 Å². The number of fused-ring (bicyclic) bond motifs is 6. The van der Waals surface area contributed by atoms with Crippen molar-refractivity contribution in [2.24, 2.45) is 0 Å². The van der Waals surface area contributed by atoms with Gasteiger partial charge in [0.25, 0.3) is 0 Å². The summed E-state index contributed by atoms with van der Waals surface area (Å²) in [6, 6.07) is 93.2. The van der Waals surface area contributed by atoms with Gasteiger partial charge in [0.1, 0.15) is 0 Å². The minimum absolute atomic E-state index is 0.0799. The molecule has 0 spiro atoms. The Hall–Kier alpha value is -10.5. The minimum Gasteiger partial charge on any atom is -0.309 e. The maximum absolute atomic E-state index is 4.94. The van der Waals surface area contributed by atoms with Crippen LogP contribution in [-0.4, -0.2) is 24.1 Å². The van der Waals surface area contributed by atoms with Crippen molar-refractivity contribution in [1.29, 1.82) is 0 Å². The van der Waals surface area contributed by atoms with E-state index in [4.69, 9.17) is 15.0 Å². The quantitative estimate of drug-likeness (QED) is 0.137. The van der Waals surface area contributed by atoms with Gasteiger partial charge in [-0.3, -0.25) is 0 Å². The molecule has 0 aliphatic rings. The van der Waals surface area contributed by atoms with E-state index in [1.165, 1.54) is 77.0 Å². The number of nitrogens with zero attached hydrogens (tertiary/aromatic N) is 5. The average molecular weight is 1110 g/mol. The Morgan fingerprint density at radius 3 is 0.895 bits per heavy atom. The largest absolute Gasteiger partial charge is 0.309 e. The molecule has 0 radical (unpaired) electrons. The summed E-state index contributed by atoms with van der Waals surface area (Å²) in [7, 11) is 0. The molecule has 0 aliphatic heterocycles. The van der Waals surface area contributed by atoms with Crippen molar-refractivity contribution in [2.75, 3.05) is 0 Å². The second-order valence-corrected chi connectivity index (χ2v) is 24.2. The lowest BCUT2D eigenvalue weighted by atomic mass is 9.86. The van der Waals surface area contributed by atoms with E-state index in [1.807, 2.05) is 12.2 Å². The average Bonchev–Trinajstić information content (AvgIpc) is 2.25. The first kappa shape index (κ1) is 54.7. The highest BCUT2D eigenvalue weighted by molar-refractivity contribution is 6.11. The molecule has 3 aromatic heterocycles. The summed E-state index contributed by atoms with van der Waals surface area (Å²) in [5.41, 5.74) is 22.1. The Bertz CT molecular complexity index is 4650. The zero-order valence-electron chi connectivity index (χ0n) is 49.6. The Morgan fingerprint density at radius 2 is 0.547 bits per heavy atom. The molecule has 3 heterocycles. The normalized spacial score (nSPS) is 11.7. The number of benzene rings is 11. The SMILES string of the molecule is C=Cc1ccc(-c2ccc(-c3nc(-c4ccc(C(C)(C)C)cc4)nc(-c4ccc(C(C)(C)C)cc4)n3)cc2)cc1.C=Cc1ccc(-c2ccc3c4ccccc4n(-c4ccc(-c5ccc(-n6c7ccccc7c7ccccc76)cc5)cc4)c3c2)cc1. The van der Waals surface area contributed by atoms with Crippen molar-refractivity contribution < 1.29 is 0 Å². The van der Waals surface area contributed by atoms with E-state index in [2.05, 4.69) is 325 Å². The first-order chi connectivity index (χ1) is 41.8. The summed E-state index contributed by atoms with van der Waals surface area (Å²) in [5, 5.41) is 5.07. The summed E-state index contributed by atoms with van der Waals surface area (Å²) < 4.78 is 4.75. The van der Waals surface area contributed by atoms with Crippen LogP contribution < -0.4 is 0 Å². The fourth-order valence-electron chi connectivity index (χ4n) is 11.7. The molecular formula is C81H67N5. The van der Waals surface area contributed by atoms with Crippen molar-refractivity contribution in [3.05, 3.63) is 296 Å². The highest BCUT2D eigenvalue weighted by Gasteiger charge is 2.19. The van der Waals surface area contributed by atoms with E-state index in [9.17, 15) is 0 Å². The molecule has 0 saturated heterocycles. The third-order valence-corrected chi connectivity index (χ3v) is 16.6. The van der Waals surface area contributed by atoms with Crippen LogP contribution in [0.4, 0.5) is 0 Å². The fraction of sp³-hybridized carbons (Fsp3) is 0.0988. The van der Waals surface area contributed by atoms with Gasteiger partial charge in [-0.1, -0.05) is 279 Å². The van der Waals surface area contributed by atoms with Crippen LogP contribution in [0.2, 0.25) is 0 Å². The smallest absolute Gasteiger partial charge is 0.164 e. The molecule has 0 atom stereocenters. The van der Waals surface area contributed by atoms with Crippen LogP contribution >= 0.6 is 0 Å². The number of hydrogen-bond donors (Lipinski definition) is 0. The summed E-state index contributed by atoms with van der Waals surface area (Å²) in [4.78, 5) is 14.8. The summed E-state index contributed by atoms with van der Waals surface area (Å²) in [6.07, 6.45) is 3.74. The van der Waals surface area contributed by atoms with Crippen LogP contribution in [0.15, 0.2) is 274 Å². The zero-order valence-corrected chi connectivity index (χ0v) is 49.6. The van der Waals surface area contributed by atoms with Crippen molar-refractivity contribution in [2.45, 2.75) is 52.4 Å². The lowest BCUT2D eigenvalue weighted by molar-refractivity contribution is 0.590. The highest BCUT2D eigenvalue weighted by Crippen LogP contribution is 2.38. The Labute approximate surface area is 504 Å². The molecule has 0 bridgehead atoms. The standard InChI is InChI=1S/C44H30N2.C37H37N3/c1-2-30-15-17-33(18-16-30)34-23-28-40-39-11-5-8-14-43(39)46(44(40)29-34)36-26-21-32(22-27-36)31-19-24-35(25-20-31)45-41-12-6-3-9-37(41)38-10-4-7-13-42(38)45;1-8-25-9-11-26(12-10-25)27-13-15-28(16-14-27)33-38-34(29-17-21-31(22-18-29)36(2,3)4)40-35(39-33)30-19-23-32(24-20-30)37(5,6)7/h2-29H,1H2;8-24H,1H2,2-7H3. The van der Waals surface area contributed by atoms with E-state index in [-0.39, 0.29) is 10.8 Å². The minimum atomic E-state index is 0.0799. The van der Waals surface area contributed by atoms with E-state index in [0.29, 0.717) is 17.5 Å². The molecule has 14 aromatic rings. The first-order valence-corrected chi connectivity index (χ1v) is 29.5. The van der Waals surface area contributed by atoms with Gasteiger partial charge in [0.2, 0.25) is 0 Å². The van der Waals surface area contributed by atoms with Gasteiger partial charge in [-0.15, -0.1) is 0 Å². The molecule has 0 amide bonds. The topological polar surface area (TPSA) is 48.5 Å². The van der Waals surface area contributed by atoms with Crippen LogP contribution in [0, 0.1) is 0 Å². The molecule has 0 aliphatic carbocycles. The molecule has 86 heavy (non-hydrogen) atoms. The molecule has 416 valence electrons. The van der Waals surface area contributed by atoms with E-state index >= 15 is 0 Å². The fourth-order valence-corrected chi connectivity index (χ4v) is 11.7. The van der Waals surface area contributed by atoms with Gasteiger partial charge in [-0.2, -0.15) is 0 Å². The number of para-hydroxylation sites is 3. The van der Waals surface area contributed by atoms with Crippen LogP contribution in [0.1, 0.15) is 63.8 Å². The van der Waals surface area contributed by atoms with Crippen LogP contribution in [0.25, 0.3) is 135 Å². The van der Waals surface area contributed by atoms with Gasteiger partial charge in [0.15, 0.2) is 17.5 Å². The molecular weight excluding hydrogens is 1040 g/mol. The van der Waals surface area contributed by atoms with Gasteiger partial charge < -0.3 is 9.13 Å². The second kappa shape index (κ2) is 22.6. The van der Waals surface area contributed by atoms with Crippen molar-refractivity contribution in [1.82, 2.24) is 24.1 Å². The molecule has 11 aromatic carbocycles. The van der Waals surface area contributed by atoms with Gasteiger partial charge in [-0.25, -0.2) is 15.0 Å². The van der Waals surface area contributed by atoms with Crippen molar-refractivity contribution in [3.63, 3.8) is 0 Å². The van der Waals surface area contributed by atoms with Crippen LogP contribution in [0.3, 0.4) is 0 Å². The Morgan fingerprint density at radius 1 is 0.279 bits per heavy atom. The molecule has 0 N–H and O–H groups in total. The molecule has 14 rings (SSSR count). The summed E-state index contributed by atoms with van der Waals surface area (Å²) in [6.45, 7) is 21.1. The third kappa shape index (κ3) is 10.8. The van der Waals surface area contributed by atoms with Crippen molar-refractivity contribution in [3.8, 4) is 78.9 Å². The van der Waals surface area contributed by atoms with Crippen molar-refractivity contribution >= 4 is 55.8 Å². The molecule has 0 unspecified atom stereocenters. The first-order valence-electron chi connectivity index (χ1n) is 29.5. The van der Waals surface area contributed by atoms with Gasteiger partial charge in [0.05, 0.1) is 22.1 Å². The lowest BCUT2D eigenvalue weighted by Crippen LogP contribution is -2.10. The molecule has 0 fully saturated rings. The third-order valence-electron chi connectivity index (χ3n) is 16.6. The second-order valence-electron chi connectivity index (χ2n) is 24.2. The van der Waals surface area contributed by atoms with E-state index < -0.39 is 0 Å². The lowest BCUT2D eigenvalue weighted by Gasteiger charge is -2.19. The number of aromatic nitrogens is 5. The van der Waals surface area contributed by atoms with E-state index in [0.717, 1.165) is 50.3 Å². The maximum Gasteiger partial charge on any atom is 0.164 e. The highest BCUT2D eigenvalue weighted by atomic mass is 15.0. The monoisotopic (exact) mass is 1110 g/mol. The maximum atomic E-state index is 4.94. The Balaban J connectivity index is 0.000000161. The summed E-state index contributed by atoms with van der Waals surface area (Å²) in [5.74, 6) is 2.00. The van der Waals surface area contributed by atoms with Crippen LogP contribution in [-0.2, 0) is 10.8 Å². The zero-order chi connectivity index (χ0) is 59.1. The predicted molar refractivity (Wildman–Crippen MR) is 365 cm³/mol.